The number of hydrogen-bond donors (Lipinski definition) is 0. The molecule has 0 heterocycles. The fourth-order valence-electron chi connectivity index (χ4n) is 2.99. The summed E-state index contributed by atoms with van der Waals surface area (Å²) in [6, 6.07) is 0. The van der Waals surface area contributed by atoms with Gasteiger partial charge < -0.3 is 0 Å². The summed E-state index contributed by atoms with van der Waals surface area (Å²) in [4.78, 5) is 0. The minimum atomic E-state index is 0.783. The first-order valence-electron chi connectivity index (χ1n) is 5.19. The van der Waals surface area contributed by atoms with Gasteiger partial charge in [0.15, 0.2) is 0 Å². The Bertz CT molecular complexity index is 140. The summed E-state index contributed by atoms with van der Waals surface area (Å²) in [5.41, 5.74) is 0. The Labute approximate surface area is 83.9 Å². The molecular formula is C10H17ClS. The van der Waals surface area contributed by atoms with Crippen molar-refractivity contribution in [2.24, 2.45) is 11.8 Å². The highest BCUT2D eigenvalue weighted by Crippen LogP contribution is 2.45. The van der Waals surface area contributed by atoms with Gasteiger partial charge in [0, 0.05) is 5.25 Å². The van der Waals surface area contributed by atoms with Crippen LogP contribution in [0.3, 0.4) is 0 Å². The van der Waals surface area contributed by atoms with E-state index in [1.54, 1.807) is 11.0 Å². The lowest BCUT2D eigenvalue weighted by Gasteiger charge is -2.40. The van der Waals surface area contributed by atoms with E-state index >= 15 is 0 Å². The maximum atomic E-state index is 5.92. The second-order valence-electron chi connectivity index (χ2n) is 4.27. The van der Waals surface area contributed by atoms with E-state index in [4.69, 9.17) is 10.7 Å². The molecule has 12 heavy (non-hydrogen) atoms. The van der Waals surface area contributed by atoms with Gasteiger partial charge >= 0.3 is 0 Å². The Kier molecular flexibility index (Phi) is 3.25. The van der Waals surface area contributed by atoms with Gasteiger partial charge in [0.1, 0.15) is 0 Å². The van der Waals surface area contributed by atoms with E-state index in [0.717, 1.165) is 17.1 Å². The van der Waals surface area contributed by atoms with Gasteiger partial charge in [-0.1, -0.05) is 43.1 Å². The van der Waals surface area contributed by atoms with Crippen LogP contribution in [0.15, 0.2) is 0 Å². The highest BCUT2D eigenvalue weighted by molar-refractivity contribution is 8.21. The molecule has 0 spiro atoms. The van der Waals surface area contributed by atoms with Crippen LogP contribution in [0.4, 0.5) is 0 Å². The fourth-order valence-corrected chi connectivity index (χ4v) is 4.40. The molecule has 0 radical (unpaired) electrons. The van der Waals surface area contributed by atoms with Crippen LogP contribution >= 0.6 is 21.7 Å². The molecule has 3 unspecified atom stereocenters. The van der Waals surface area contributed by atoms with E-state index in [0.29, 0.717) is 0 Å². The summed E-state index contributed by atoms with van der Waals surface area (Å²) in [5.74, 6) is 2.00. The second-order valence-corrected chi connectivity index (χ2v) is 5.59. The molecule has 0 nitrogen and oxygen atoms in total. The highest BCUT2D eigenvalue weighted by atomic mass is 35.7. The van der Waals surface area contributed by atoms with Gasteiger partial charge in [-0.15, -0.1) is 0 Å². The van der Waals surface area contributed by atoms with Gasteiger partial charge in [-0.3, -0.25) is 0 Å². The van der Waals surface area contributed by atoms with Crippen LogP contribution in [0.25, 0.3) is 0 Å². The summed E-state index contributed by atoms with van der Waals surface area (Å²) < 4.78 is 0. The van der Waals surface area contributed by atoms with Crippen molar-refractivity contribution in [3.63, 3.8) is 0 Å². The van der Waals surface area contributed by atoms with E-state index in [1.807, 2.05) is 0 Å². The van der Waals surface area contributed by atoms with E-state index in [-0.39, 0.29) is 0 Å². The SMILES string of the molecule is ClSC1CCCC2CCCCC21. The normalized spacial score (nSPS) is 42.2. The zero-order valence-electron chi connectivity index (χ0n) is 7.47. The molecule has 3 atom stereocenters. The molecule has 2 rings (SSSR count). The average Bonchev–Trinajstić information content (AvgIpc) is 2.17. The molecule has 2 aliphatic carbocycles. The molecule has 2 fully saturated rings. The summed E-state index contributed by atoms with van der Waals surface area (Å²) in [5, 5.41) is 0.783. The Balaban J connectivity index is 1.99. The number of halogens is 1. The minimum Gasteiger partial charge on any atom is -0.0530 e. The predicted octanol–water partition coefficient (Wildman–Crippen LogP) is 4.23. The summed E-state index contributed by atoms with van der Waals surface area (Å²) in [7, 11) is 7.52. The zero-order valence-corrected chi connectivity index (χ0v) is 9.04. The Hall–Kier alpha value is 0.640. The van der Waals surface area contributed by atoms with Crippen LogP contribution in [0, 0.1) is 11.8 Å². The van der Waals surface area contributed by atoms with Crippen molar-refractivity contribution in [1.82, 2.24) is 0 Å². The fraction of sp³-hybridized carbons (Fsp3) is 1.00. The molecule has 70 valence electrons. The Morgan fingerprint density at radius 3 is 2.50 bits per heavy atom. The first-order valence-corrected chi connectivity index (χ1v) is 6.90. The van der Waals surface area contributed by atoms with E-state index in [2.05, 4.69) is 0 Å². The minimum absolute atomic E-state index is 0.783. The second kappa shape index (κ2) is 4.23. The van der Waals surface area contributed by atoms with Crippen LogP contribution < -0.4 is 0 Å². The van der Waals surface area contributed by atoms with Crippen LogP contribution in [0.5, 0.6) is 0 Å². The Morgan fingerprint density at radius 1 is 0.917 bits per heavy atom. The molecular weight excluding hydrogens is 188 g/mol. The van der Waals surface area contributed by atoms with Crippen molar-refractivity contribution in [2.45, 2.75) is 50.2 Å². The highest BCUT2D eigenvalue weighted by Gasteiger charge is 2.34. The van der Waals surface area contributed by atoms with Crippen LogP contribution in [0.2, 0.25) is 0 Å². The Morgan fingerprint density at radius 2 is 1.67 bits per heavy atom. The zero-order chi connectivity index (χ0) is 8.39. The molecule has 2 saturated carbocycles. The topological polar surface area (TPSA) is 0 Å². The lowest BCUT2D eigenvalue weighted by atomic mass is 9.71. The van der Waals surface area contributed by atoms with Gasteiger partial charge in [0.05, 0.1) is 0 Å². The van der Waals surface area contributed by atoms with E-state index < -0.39 is 0 Å². The molecule has 0 amide bonds. The van der Waals surface area contributed by atoms with Crippen molar-refractivity contribution in [3.8, 4) is 0 Å². The first-order chi connectivity index (χ1) is 5.92. The summed E-state index contributed by atoms with van der Waals surface area (Å²) in [6.07, 6.45) is 10.1. The van der Waals surface area contributed by atoms with Crippen molar-refractivity contribution in [3.05, 3.63) is 0 Å². The smallest absolute Gasteiger partial charge is 0.0230 e. The van der Waals surface area contributed by atoms with Crippen molar-refractivity contribution in [2.75, 3.05) is 0 Å². The molecule has 2 aliphatic rings. The lowest BCUT2D eigenvalue weighted by Crippen LogP contribution is -2.32. The monoisotopic (exact) mass is 204 g/mol. The third kappa shape index (κ3) is 1.77. The number of hydrogen-bond acceptors (Lipinski definition) is 1. The average molecular weight is 205 g/mol. The predicted molar refractivity (Wildman–Crippen MR) is 56.5 cm³/mol. The molecule has 0 aromatic rings. The number of fused-ring (bicyclic) bond motifs is 1. The summed E-state index contributed by atoms with van der Waals surface area (Å²) in [6.45, 7) is 0. The third-order valence-electron chi connectivity index (χ3n) is 3.62. The molecule has 0 saturated heterocycles. The summed E-state index contributed by atoms with van der Waals surface area (Å²) >= 11 is 0. The maximum absolute atomic E-state index is 5.92. The van der Waals surface area contributed by atoms with Crippen molar-refractivity contribution >= 4 is 21.7 Å². The van der Waals surface area contributed by atoms with E-state index in [1.165, 1.54) is 44.9 Å². The largest absolute Gasteiger partial charge is 0.0530 e. The van der Waals surface area contributed by atoms with Gasteiger partial charge in [0.2, 0.25) is 0 Å². The molecule has 2 heteroatoms. The molecule has 0 N–H and O–H groups in total. The van der Waals surface area contributed by atoms with Crippen LogP contribution in [-0.2, 0) is 0 Å². The number of rotatable bonds is 1. The third-order valence-corrected chi connectivity index (χ3v) is 5.12. The van der Waals surface area contributed by atoms with Gasteiger partial charge in [-0.25, -0.2) is 0 Å². The molecule has 0 aromatic heterocycles. The van der Waals surface area contributed by atoms with E-state index in [9.17, 15) is 0 Å². The van der Waals surface area contributed by atoms with Gasteiger partial charge in [-0.05, 0) is 35.4 Å². The van der Waals surface area contributed by atoms with Gasteiger partial charge in [-0.2, -0.15) is 0 Å². The van der Waals surface area contributed by atoms with Crippen LogP contribution in [-0.4, -0.2) is 5.25 Å². The lowest BCUT2D eigenvalue weighted by molar-refractivity contribution is 0.179. The van der Waals surface area contributed by atoms with Crippen molar-refractivity contribution < 1.29 is 0 Å². The van der Waals surface area contributed by atoms with Crippen LogP contribution in [0.1, 0.15) is 44.9 Å². The first kappa shape index (κ1) is 9.21. The maximum Gasteiger partial charge on any atom is 0.0230 e. The molecule has 0 bridgehead atoms. The van der Waals surface area contributed by atoms with Gasteiger partial charge in [0.25, 0.3) is 0 Å². The quantitative estimate of drug-likeness (QED) is 0.616. The molecule has 0 aromatic carbocycles. The standard InChI is InChI=1S/C10H17ClS/c11-12-10-7-3-5-8-4-1-2-6-9(8)10/h8-10H,1-7H2. The van der Waals surface area contributed by atoms with Crippen molar-refractivity contribution in [1.29, 1.82) is 0 Å². The molecule has 0 aliphatic heterocycles.